The van der Waals surface area contributed by atoms with Gasteiger partial charge >= 0.3 is 0 Å². The number of anilines is 2. The van der Waals surface area contributed by atoms with Gasteiger partial charge in [0.25, 0.3) is 0 Å². The van der Waals surface area contributed by atoms with Crippen molar-refractivity contribution in [2.24, 2.45) is 0 Å². The molecule has 0 atom stereocenters. The summed E-state index contributed by atoms with van der Waals surface area (Å²) in [4.78, 5) is 22.3. The van der Waals surface area contributed by atoms with Crippen LogP contribution in [0.1, 0.15) is 36.1 Å². The van der Waals surface area contributed by atoms with Crippen LogP contribution in [0.5, 0.6) is 0 Å². The van der Waals surface area contributed by atoms with Gasteiger partial charge in [-0.2, -0.15) is 10.5 Å². The highest BCUT2D eigenvalue weighted by Gasteiger charge is 2.06. The molecular weight excluding hydrogens is 424 g/mol. The third-order valence-electron chi connectivity index (χ3n) is 4.83. The van der Waals surface area contributed by atoms with Gasteiger partial charge in [0.15, 0.2) is 0 Å². The third kappa shape index (κ3) is 6.53. The van der Waals surface area contributed by atoms with Crippen LogP contribution in [0.25, 0.3) is 23.3 Å². The van der Waals surface area contributed by atoms with E-state index in [4.69, 9.17) is 0 Å². The molecule has 2 amide bonds. The molecule has 0 aliphatic carbocycles. The van der Waals surface area contributed by atoms with Crippen LogP contribution in [0.3, 0.4) is 0 Å². The van der Waals surface area contributed by atoms with Gasteiger partial charge in [0.2, 0.25) is 11.8 Å². The first kappa shape index (κ1) is 23.7. The first-order valence-corrected chi connectivity index (χ1v) is 10.5. The van der Waals surface area contributed by atoms with Crippen LogP contribution >= 0.6 is 0 Å². The number of allylic oxidation sites excluding steroid dienone is 2. The molecule has 0 unspecified atom stereocenters. The summed E-state index contributed by atoms with van der Waals surface area (Å²) in [5.41, 5.74) is 5.46. The molecule has 0 saturated heterocycles. The Bertz CT molecular complexity index is 1230. The number of rotatable bonds is 6. The normalized spacial score (nSPS) is 11.2. The van der Waals surface area contributed by atoms with Crippen molar-refractivity contribution >= 4 is 46.5 Å². The Morgan fingerprint density at radius 3 is 1.21 bits per heavy atom. The van der Waals surface area contributed by atoms with E-state index in [-0.39, 0.29) is 11.8 Å². The quantitative estimate of drug-likeness (QED) is 0.372. The predicted molar refractivity (Wildman–Crippen MR) is 135 cm³/mol. The Morgan fingerprint density at radius 2 is 0.941 bits per heavy atom. The zero-order valence-corrected chi connectivity index (χ0v) is 18.8. The first-order chi connectivity index (χ1) is 16.4. The fourth-order valence-corrected chi connectivity index (χ4v) is 3.25. The number of nitriles is 2. The third-order valence-corrected chi connectivity index (χ3v) is 4.83. The molecule has 0 fully saturated rings. The number of benzene rings is 3. The topological polar surface area (TPSA) is 106 Å². The summed E-state index contributed by atoms with van der Waals surface area (Å²) >= 11 is 0. The highest BCUT2D eigenvalue weighted by atomic mass is 16.2. The van der Waals surface area contributed by atoms with Crippen LogP contribution in [0.15, 0.2) is 72.8 Å². The smallest absolute Gasteiger partial charge is 0.221 e. The lowest BCUT2D eigenvalue weighted by Gasteiger charge is -2.05. The van der Waals surface area contributed by atoms with E-state index in [1.807, 2.05) is 24.3 Å². The minimum absolute atomic E-state index is 0.145. The molecule has 0 aromatic heterocycles. The summed E-state index contributed by atoms with van der Waals surface area (Å²) in [5, 5.41) is 24.7. The molecule has 6 nitrogen and oxygen atoms in total. The Balaban J connectivity index is 1.80. The number of nitrogens with zero attached hydrogens (tertiary/aromatic N) is 2. The van der Waals surface area contributed by atoms with Crippen molar-refractivity contribution in [3.8, 4) is 12.1 Å². The number of carbonyl (C=O) groups excluding carboxylic acids is 2. The van der Waals surface area contributed by atoms with Crippen LogP contribution in [0.2, 0.25) is 0 Å². The molecule has 0 aliphatic rings. The molecule has 3 aromatic carbocycles. The van der Waals surface area contributed by atoms with Crippen molar-refractivity contribution in [1.82, 2.24) is 0 Å². The molecule has 34 heavy (non-hydrogen) atoms. The maximum absolute atomic E-state index is 11.2. The largest absolute Gasteiger partial charge is 0.326 e. The minimum atomic E-state index is -0.145. The standard InChI is InChI=1S/C28H22N4O2/c1-19(33)31-27-11-3-21(4-12-27)15-25(17-29)23-7-9-24(10-8-23)26(18-30)16-22-5-13-28(14-6-22)32-20(2)34/h3-16H,1-2H3,(H,31,33)(H,32,34). The van der Waals surface area contributed by atoms with Crippen molar-refractivity contribution in [2.75, 3.05) is 10.6 Å². The molecule has 3 rings (SSSR count). The maximum Gasteiger partial charge on any atom is 0.221 e. The van der Waals surface area contributed by atoms with Crippen molar-refractivity contribution in [1.29, 1.82) is 10.5 Å². The molecule has 0 heterocycles. The maximum atomic E-state index is 11.2. The molecule has 0 radical (unpaired) electrons. The van der Waals surface area contributed by atoms with Gasteiger partial charge in [-0.25, -0.2) is 0 Å². The SMILES string of the molecule is CC(=O)Nc1ccc(C=C(C#N)c2ccc(C(C#N)=Cc3ccc(NC(C)=O)cc3)cc2)cc1. The van der Waals surface area contributed by atoms with Gasteiger partial charge in [-0.1, -0.05) is 48.5 Å². The van der Waals surface area contributed by atoms with E-state index >= 15 is 0 Å². The number of hydrogen-bond donors (Lipinski definition) is 2. The lowest BCUT2D eigenvalue weighted by atomic mass is 9.98. The van der Waals surface area contributed by atoms with Crippen LogP contribution < -0.4 is 10.6 Å². The summed E-state index contributed by atoms with van der Waals surface area (Å²) in [6.07, 6.45) is 3.54. The van der Waals surface area contributed by atoms with Crippen molar-refractivity contribution in [2.45, 2.75) is 13.8 Å². The molecule has 166 valence electrons. The first-order valence-electron chi connectivity index (χ1n) is 10.5. The molecule has 0 bridgehead atoms. The lowest BCUT2D eigenvalue weighted by Crippen LogP contribution is -2.05. The van der Waals surface area contributed by atoms with Crippen LogP contribution in [-0.2, 0) is 9.59 Å². The predicted octanol–water partition coefficient (Wildman–Crippen LogP) is 5.73. The van der Waals surface area contributed by atoms with Gasteiger partial charge in [-0.15, -0.1) is 0 Å². The lowest BCUT2D eigenvalue weighted by molar-refractivity contribution is -0.115. The summed E-state index contributed by atoms with van der Waals surface area (Å²) < 4.78 is 0. The van der Waals surface area contributed by atoms with E-state index in [1.54, 1.807) is 60.7 Å². The zero-order valence-electron chi connectivity index (χ0n) is 18.8. The second kappa shape index (κ2) is 11.1. The van der Waals surface area contributed by atoms with E-state index in [0.29, 0.717) is 22.5 Å². The number of nitrogens with one attached hydrogen (secondary N) is 2. The molecular formula is C28H22N4O2. The van der Waals surface area contributed by atoms with Gasteiger partial charge in [0.05, 0.1) is 23.3 Å². The van der Waals surface area contributed by atoms with Crippen molar-refractivity contribution in [3.63, 3.8) is 0 Å². The number of carbonyl (C=O) groups is 2. The summed E-state index contributed by atoms with van der Waals surface area (Å²) in [7, 11) is 0. The van der Waals surface area contributed by atoms with Crippen LogP contribution in [0, 0.1) is 22.7 Å². The highest BCUT2D eigenvalue weighted by Crippen LogP contribution is 2.23. The summed E-state index contributed by atoms with van der Waals surface area (Å²) in [6, 6.07) is 26.1. The molecule has 0 aliphatic heterocycles. The molecule has 0 saturated carbocycles. The number of hydrogen-bond acceptors (Lipinski definition) is 4. The second-order valence-corrected chi connectivity index (χ2v) is 7.52. The zero-order chi connectivity index (χ0) is 24.5. The van der Waals surface area contributed by atoms with E-state index in [2.05, 4.69) is 22.8 Å². The minimum Gasteiger partial charge on any atom is -0.326 e. The van der Waals surface area contributed by atoms with E-state index < -0.39 is 0 Å². The van der Waals surface area contributed by atoms with Gasteiger partial charge in [0.1, 0.15) is 0 Å². The van der Waals surface area contributed by atoms with Gasteiger partial charge in [-0.05, 0) is 58.7 Å². The highest BCUT2D eigenvalue weighted by molar-refractivity contribution is 5.93. The average molecular weight is 447 g/mol. The van der Waals surface area contributed by atoms with Gasteiger partial charge < -0.3 is 10.6 Å². The molecule has 6 heteroatoms. The molecule has 2 N–H and O–H groups in total. The van der Waals surface area contributed by atoms with Gasteiger partial charge in [-0.3, -0.25) is 9.59 Å². The Kier molecular flexibility index (Phi) is 7.73. The van der Waals surface area contributed by atoms with Crippen LogP contribution in [0.4, 0.5) is 11.4 Å². The van der Waals surface area contributed by atoms with E-state index in [0.717, 1.165) is 22.3 Å². The molecule has 3 aromatic rings. The van der Waals surface area contributed by atoms with E-state index in [1.165, 1.54) is 13.8 Å². The molecule has 0 spiro atoms. The Morgan fingerprint density at radius 1 is 0.618 bits per heavy atom. The summed E-state index contributed by atoms with van der Waals surface area (Å²) in [5.74, 6) is -0.289. The monoisotopic (exact) mass is 446 g/mol. The summed E-state index contributed by atoms with van der Waals surface area (Å²) in [6.45, 7) is 2.89. The fourth-order valence-electron chi connectivity index (χ4n) is 3.25. The van der Waals surface area contributed by atoms with Crippen molar-refractivity contribution < 1.29 is 9.59 Å². The second-order valence-electron chi connectivity index (χ2n) is 7.52. The Labute approximate surface area is 198 Å². The Hall–Kier alpha value is -4.94. The van der Waals surface area contributed by atoms with Gasteiger partial charge in [0, 0.05) is 25.2 Å². The fraction of sp³-hybridized carbons (Fsp3) is 0.0714. The van der Waals surface area contributed by atoms with Crippen LogP contribution in [-0.4, -0.2) is 11.8 Å². The van der Waals surface area contributed by atoms with Crippen molar-refractivity contribution in [3.05, 3.63) is 95.1 Å². The number of amides is 2. The van der Waals surface area contributed by atoms with E-state index in [9.17, 15) is 20.1 Å². The average Bonchev–Trinajstić information content (AvgIpc) is 2.82.